The fourth-order valence-corrected chi connectivity index (χ4v) is 1.97. The summed E-state index contributed by atoms with van der Waals surface area (Å²) in [7, 11) is 0. The number of nitrogens with zero attached hydrogens (tertiary/aromatic N) is 1. The van der Waals surface area contributed by atoms with Gasteiger partial charge in [0.05, 0.1) is 16.5 Å². The average Bonchev–Trinajstić information content (AvgIpc) is 2.55. The lowest BCUT2D eigenvalue weighted by atomic mass is 10.2. The van der Waals surface area contributed by atoms with Crippen molar-refractivity contribution in [1.29, 1.82) is 0 Å². The first-order valence-electron chi connectivity index (χ1n) is 6.65. The van der Waals surface area contributed by atoms with Crippen LogP contribution in [0.3, 0.4) is 0 Å². The fraction of sp³-hybridized carbons (Fsp3) is 0.0667. The monoisotopic (exact) mass is 349 g/mol. The van der Waals surface area contributed by atoms with Crippen LogP contribution in [0.5, 0.6) is 11.5 Å². The Kier molecular flexibility index (Phi) is 5.33. The number of nitro benzene ring substituents is 1. The van der Waals surface area contributed by atoms with E-state index in [1.807, 2.05) is 0 Å². The van der Waals surface area contributed by atoms with E-state index in [1.54, 1.807) is 0 Å². The van der Waals surface area contributed by atoms with Crippen molar-refractivity contribution in [3.8, 4) is 11.5 Å². The van der Waals surface area contributed by atoms with Crippen molar-refractivity contribution in [3.63, 3.8) is 0 Å². The summed E-state index contributed by atoms with van der Waals surface area (Å²) >= 11 is 5.94. The predicted octanol–water partition coefficient (Wildman–Crippen LogP) is 2.26. The first kappa shape index (κ1) is 17.2. The maximum absolute atomic E-state index is 11.7. The molecule has 0 saturated heterocycles. The Morgan fingerprint density at radius 1 is 1.21 bits per heavy atom. The number of hydrogen-bond acceptors (Lipinski definition) is 5. The molecule has 0 aromatic heterocycles. The highest BCUT2D eigenvalue weighted by Gasteiger charge is 2.11. The van der Waals surface area contributed by atoms with E-state index < -0.39 is 16.7 Å². The van der Waals surface area contributed by atoms with Gasteiger partial charge in [-0.1, -0.05) is 11.6 Å². The van der Waals surface area contributed by atoms with Crippen molar-refractivity contribution in [2.45, 2.75) is 0 Å². The molecule has 8 nitrogen and oxygen atoms in total. The van der Waals surface area contributed by atoms with Crippen LogP contribution in [0.1, 0.15) is 10.4 Å². The lowest BCUT2D eigenvalue weighted by Gasteiger charge is -2.08. The third-order valence-electron chi connectivity index (χ3n) is 2.89. The number of carbonyl (C=O) groups is 2. The molecule has 124 valence electrons. The molecule has 24 heavy (non-hydrogen) atoms. The minimum atomic E-state index is -0.642. The van der Waals surface area contributed by atoms with Crippen molar-refractivity contribution in [3.05, 3.63) is 63.2 Å². The number of benzene rings is 2. The van der Waals surface area contributed by atoms with Crippen molar-refractivity contribution >= 4 is 29.1 Å². The van der Waals surface area contributed by atoms with Gasteiger partial charge in [-0.05, 0) is 30.3 Å². The van der Waals surface area contributed by atoms with Crippen molar-refractivity contribution < 1.29 is 19.2 Å². The van der Waals surface area contributed by atoms with Gasteiger partial charge in [-0.15, -0.1) is 0 Å². The maximum Gasteiger partial charge on any atom is 0.271 e. The molecule has 0 unspecified atom stereocenters. The molecule has 0 aliphatic rings. The number of non-ortho nitro benzene ring substituents is 1. The Bertz CT molecular complexity index is 792. The summed E-state index contributed by atoms with van der Waals surface area (Å²) in [5.74, 6) is -0.463. The van der Waals surface area contributed by atoms with E-state index in [-0.39, 0.29) is 23.0 Å². The van der Waals surface area contributed by atoms with Gasteiger partial charge in [-0.25, -0.2) is 0 Å². The molecular weight excluding hydrogens is 338 g/mol. The van der Waals surface area contributed by atoms with Crippen LogP contribution in [0.2, 0.25) is 5.02 Å². The smallest absolute Gasteiger partial charge is 0.271 e. The Morgan fingerprint density at radius 3 is 2.42 bits per heavy atom. The maximum atomic E-state index is 11.7. The van der Waals surface area contributed by atoms with Gasteiger partial charge >= 0.3 is 0 Å². The molecule has 2 rings (SSSR count). The van der Waals surface area contributed by atoms with Crippen LogP contribution in [0.25, 0.3) is 0 Å². The molecule has 0 heterocycles. The zero-order valence-electron chi connectivity index (χ0n) is 12.2. The Balaban J connectivity index is 2.07. The zero-order valence-corrected chi connectivity index (χ0v) is 12.9. The van der Waals surface area contributed by atoms with E-state index in [1.165, 1.54) is 42.5 Å². The highest BCUT2D eigenvalue weighted by atomic mass is 35.5. The van der Waals surface area contributed by atoms with Gasteiger partial charge in [0.25, 0.3) is 11.6 Å². The first-order valence-corrected chi connectivity index (χ1v) is 7.03. The van der Waals surface area contributed by atoms with Gasteiger partial charge in [-0.2, -0.15) is 0 Å². The quantitative estimate of drug-likeness (QED) is 0.611. The lowest BCUT2D eigenvalue weighted by molar-refractivity contribution is -0.384. The molecule has 0 bridgehead atoms. The number of ether oxygens (including phenoxy) is 1. The molecule has 0 radical (unpaired) electrons. The second-order valence-electron chi connectivity index (χ2n) is 4.65. The van der Waals surface area contributed by atoms with Crippen LogP contribution in [0, 0.1) is 10.1 Å². The van der Waals surface area contributed by atoms with Crippen LogP contribution in [-0.4, -0.2) is 23.3 Å². The van der Waals surface area contributed by atoms with Gasteiger partial charge in [-0.3, -0.25) is 19.7 Å². The van der Waals surface area contributed by atoms with Crippen molar-refractivity contribution in [1.82, 2.24) is 5.32 Å². The number of nitrogens with two attached hydrogens (primary N) is 1. The number of carbonyl (C=O) groups excluding carboxylic acids is 2. The van der Waals surface area contributed by atoms with Gasteiger partial charge in [0.15, 0.2) is 0 Å². The van der Waals surface area contributed by atoms with E-state index in [9.17, 15) is 19.7 Å². The number of halogens is 1. The molecular formula is C15H12ClN3O5. The molecule has 2 aromatic carbocycles. The molecule has 0 aliphatic heterocycles. The fourth-order valence-electron chi connectivity index (χ4n) is 1.76. The van der Waals surface area contributed by atoms with Crippen LogP contribution in [0.15, 0.2) is 42.5 Å². The molecule has 0 aliphatic carbocycles. The Morgan fingerprint density at radius 2 is 1.88 bits per heavy atom. The normalized spacial score (nSPS) is 10.0. The third-order valence-corrected chi connectivity index (χ3v) is 3.19. The van der Waals surface area contributed by atoms with Crippen molar-refractivity contribution in [2.75, 3.05) is 6.54 Å². The van der Waals surface area contributed by atoms with E-state index in [4.69, 9.17) is 22.1 Å². The average molecular weight is 350 g/mol. The minimum absolute atomic E-state index is 0.0903. The summed E-state index contributed by atoms with van der Waals surface area (Å²) in [5.41, 5.74) is 5.12. The van der Waals surface area contributed by atoms with E-state index in [0.717, 1.165) is 0 Å². The lowest BCUT2D eigenvalue weighted by Crippen LogP contribution is -2.33. The van der Waals surface area contributed by atoms with E-state index in [2.05, 4.69) is 5.32 Å². The van der Waals surface area contributed by atoms with Gasteiger partial charge < -0.3 is 15.8 Å². The highest BCUT2D eigenvalue weighted by Crippen LogP contribution is 2.32. The molecule has 2 aromatic rings. The second-order valence-corrected chi connectivity index (χ2v) is 5.05. The predicted molar refractivity (Wildman–Crippen MR) is 86.2 cm³/mol. The minimum Gasteiger partial charge on any atom is -0.456 e. The van der Waals surface area contributed by atoms with Crippen molar-refractivity contribution in [2.24, 2.45) is 5.73 Å². The Labute approximate surface area is 141 Å². The number of amides is 2. The number of nitro groups is 1. The summed E-state index contributed by atoms with van der Waals surface area (Å²) in [4.78, 5) is 32.5. The third kappa shape index (κ3) is 4.43. The zero-order chi connectivity index (χ0) is 17.7. The first-order chi connectivity index (χ1) is 11.4. The van der Waals surface area contributed by atoms with Gasteiger partial charge in [0.2, 0.25) is 5.91 Å². The summed E-state index contributed by atoms with van der Waals surface area (Å²) in [6.45, 7) is -0.254. The number of hydrogen-bond donors (Lipinski definition) is 2. The number of primary amides is 1. The molecule has 0 atom stereocenters. The van der Waals surface area contributed by atoms with E-state index >= 15 is 0 Å². The standard InChI is InChI=1S/C15H12ClN3O5/c16-12-7-10(19(22)23)3-6-13(12)24-11-4-1-9(2-5-11)15(21)18-8-14(17)20/h1-7H,8H2,(H2,17,20)(H,18,21). The molecule has 0 spiro atoms. The summed E-state index contributed by atoms with van der Waals surface area (Å²) in [6.07, 6.45) is 0. The van der Waals surface area contributed by atoms with Crippen LogP contribution in [0.4, 0.5) is 5.69 Å². The summed E-state index contributed by atoms with van der Waals surface area (Å²) < 4.78 is 5.52. The largest absolute Gasteiger partial charge is 0.456 e. The van der Waals surface area contributed by atoms with Crippen LogP contribution in [-0.2, 0) is 4.79 Å². The highest BCUT2D eigenvalue weighted by molar-refractivity contribution is 6.32. The number of nitrogens with one attached hydrogen (secondary N) is 1. The summed E-state index contributed by atoms with van der Waals surface area (Å²) in [6, 6.07) is 9.87. The van der Waals surface area contributed by atoms with E-state index in [0.29, 0.717) is 11.3 Å². The second kappa shape index (κ2) is 7.42. The molecule has 3 N–H and O–H groups in total. The molecule has 2 amide bonds. The van der Waals surface area contributed by atoms with Gasteiger partial charge in [0, 0.05) is 17.7 Å². The number of rotatable bonds is 6. The van der Waals surface area contributed by atoms with Crippen LogP contribution >= 0.6 is 11.6 Å². The Hall–Kier alpha value is -3.13. The van der Waals surface area contributed by atoms with Crippen LogP contribution < -0.4 is 15.8 Å². The topological polar surface area (TPSA) is 125 Å². The molecule has 0 fully saturated rings. The summed E-state index contributed by atoms with van der Waals surface area (Å²) in [5, 5.41) is 13.1. The molecule has 9 heteroatoms. The van der Waals surface area contributed by atoms with Gasteiger partial charge in [0.1, 0.15) is 11.5 Å². The molecule has 0 saturated carbocycles. The SMILES string of the molecule is NC(=O)CNC(=O)c1ccc(Oc2ccc([N+](=O)[O-])cc2Cl)cc1.